The van der Waals surface area contributed by atoms with Crippen molar-refractivity contribution in [3.8, 4) is 0 Å². The number of thioether (sulfide) groups is 1. The van der Waals surface area contributed by atoms with Crippen molar-refractivity contribution in [1.29, 1.82) is 0 Å². The number of para-hydroxylation sites is 1. The number of anilines is 1. The molecule has 0 bridgehead atoms. The summed E-state index contributed by atoms with van der Waals surface area (Å²) in [6.45, 7) is 2.05. The molecular weight excluding hydrogens is 290 g/mol. The van der Waals surface area contributed by atoms with Crippen LogP contribution in [0.4, 0.5) is 10.5 Å². The zero-order chi connectivity index (χ0) is 15.0. The lowest BCUT2D eigenvalue weighted by Gasteiger charge is -2.28. The van der Waals surface area contributed by atoms with Crippen molar-refractivity contribution in [2.24, 2.45) is 0 Å². The highest BCUT2D eigenvalue weighted by molar-refractivity contribution is 8.14. The van der Waals surface area contributed by atoms with E-state index < -0.39 is 12.1 Å². The minimum Gasteiger partial charge on any atom is -0.334 e. The van der Waals surface area contributed by atoms with Crippen LogP contribution in [0.5, 0.6) is 0 Å². The maximum absolute atomic E-state index is 12.6. The number of hydrogen-bond acceptors (Lipinski definition) is 4. The summed E-state index contributed by atoms with van der Waals surface area (Å²) < 4.78 is 0. The monoisotopic (exact) mass is 305 g/mol. The van der Waals surface area contributed by atoms with Crippen molar-refractivity contribution >= 4 is 34.5 Å². The van der Waals surface area contributed by atoms with Gasteiger partial charge < -0.3 is 15.5 Å². The molecule has 2 aliphatic heterocycles. The third-order valence-corrected chi connectivity index (χ3v) is 4.60. The Morgan fingerprint density at radius 1 is 1.33 bits per heavy atom. The Balaban J connectivity index is 1.88. The van der Waals surface area contributed by atoms with Gasteiger partial charge in [-0.15, -0.1) is 0 Å². The molecule has 2 N–H and O–H groups in total. The summed E-state index contributed by atoms with van der Waals surface area (Å²) in [5, 5.41) is 5.27. The van der Waals surface area contributed by atoms with Gasteiger partial charge in [0.25, 0.3) is 5.24 Å². The van der Waals surface area contributed by atoms with Gasteiger partial charge in [-0.3, -0.25) is 14.4 Å². The number of benzene rings is 1. The zero-order valence-corrected chi connectivity index (χ0v) is 12.3. The number of hydrogen-bond donors (Lipinski definition) is 2. The lowest BCUT2D eigenvalue weighted by atomic mass is 10.1. The summed E-state index contributed by atoms with van der Waals surface area (Å²) in [4.78, 5) is 37.5. The van der Waals surface area contributed by atoms with E-state index in [0.29, 0.717) is 12.3 Å². The standard InChI is InChI=1S/C14H15N3O3S/c1-8-12(18)15-10-5-3-2-4-9(10)6-17(8)13(19)11-7-21-14(20)16-11/h2-5,8,11H,6-7H2,1H3,(H,15,18)(H,16,20). The molecule has 2 unspecified atom stereocenters. The molecule has 0 spiro atoms. The fourth-order valence-corrected chi connectivity index (χ4v) is 3.24. The number of carbonyl (C=O) groups excluding carboxylic acids is 3. The number of carbonyl (C=O) groups is 3. The third-order valence-electron chi connectivity index (χ3n) is 3.72. The smallest absolute Gasteiger partial charge is 0.279 e. The molecule has 110 valence electrons. The summed E-state index contributed by atoms with van der Waals surface area (Å²) in [6, 6.07) is 6.29. The van der Waals surface area contributed by atoms with Gasteiger partial charge in [-0.25, -0.2) is 0 Å². The summed E-state index contributed by atoms with van der Waals surface area (Å²) in [5.41, 5.74) is 1.62. The lowest BCUT2D eigenvalue weighted by molar-refractivity contribution is -0.139. The molecule has 0 aliphatic carbocycles. The Morgan fingerprint density at radius 3 is 2.81 bits per heavy atom. The molecule has 1 fully saturated rings. The molecule has 1 aromatic rings. The van der Waals surface area contributed by atoms with Gasteiger partial charge in [0.15, 0.2) is 0 Å². The number of nitrogens with zero attached hydrogens (tertiary/aromatic N) is 1. The first kappa shape index (κ1) is 13.9. The van der Waals surface area contributed by atoms with Gasteiger partial charge >= 0.3 is 0 Å². The molecule has 7 heteroatoms. The first-order valence-corrected chi connectivity index (χ1v) is 7.67. The van der Waals surface area contributed by atoms with Crippen LogP contribution in [-0.2, 0) is 16.1 Å². The highest BCUT2D eigenvalue weighted by atomic mass is 32.2. The largest absolute Gasteiger partial charge is 0.334 e. The quantitative estimate of drug-likeness (QED) is 0.816. The average molecular weight is 305 g/mol. The number of amides is 3. The highest BCUT2D eigenvalue weighted by Gasteiger charge is 2.37. The van der Waals surface area contributed by atoms with Crippen molar-refractivity contribution in [1.82, 2.24) is 10.2 Å². The minimum atomic E-state index is -0.576. The van der Waals surface area contributed by atoms with Gasteiger partial charge in [-0.1, -0.05) is 30.0 Å². The van der Waals surface area contributed by atoms with E-state index in [1.807, 2.05) is 24.3 Å². The van der Waals surface area contributed by atoms with E-state index in [9.17, 15) is 14.4 Å². The van der Waals surface area contributed by atoms with E-state index >= 15 is 0 Å². The van der Waals surface area contributed by atoms with E-state index in [2.05, 4.69) is 10.6 Å². The van der Waals surface area contributed by atoms with E-state index in [1.165, 1.54) is 4.90 Å². The first-order valence-electron chi connectivity index (χ1n) is 6.69. The summed E-state index contributed by atoms with van der Waals surface area (Å²) in [5.74, 6) is -0.0255. The van der Waals surface area contributed by atoms with Crippen molar-refractivity contribution in [3.05, 3.63) is 29.8 Å². The second-order valence-corrected chi connectivity index (χ2v) is 6.08. The van der Waals surface area contributed by atoms with E-state index in [0.717, 1.165) is 23.0 Å². The van der Waals surface area contributed by atoms with Crippen molar-refractivity contribution < 1.29 is 14.4 Å². The predicted molar refractivity (Wildman–Crippen MR) is 79.9 cm³/mol. The Hall–Kier alpha value is -2.02. The minimum absolute atomic E-state index is 0.194. The van der Waals surface area contributed by atoms with E-state index in [1.54, 1.807) is 6.92 Å². The molecule has 2 heterocycles. The van der Waals surface area contributed by atoms with Crippen LogP contribution in [0.3, 0.4) is 0 Å². The first-order chi connectivity index (χ1) is 10.1. The van der Waals surface area contributed by atoms with Crippen molar-refractivity contribution in [3.63, 3.8) is 0 Å². The molecule has 2 atom stereocenters. The second-order valence-electron chi connectivity index (χ2n) is 5.08. The number of rotatable bonds is 1. The number of fused-ring (bicyclic) bond motifs is 1. The molecule has 0 radical (unpaired) electrons. The second kappa shape index (κ2) is 5.40. The van der Waals surface area contributed by atoms with Crippen LogP contribution in [0.1, 0.15) is 12.5 Å². The van der Waals surface area contributed by atoms with Gasteiger partial charge in [0.1, 0.15) is 12.1 Å². The molecule has 3 rings (SSSR count). The maximum Gasteiger partial charge on any atom is 0.279 e. The third kappa shape index (κ3) is 2.61. The fourth-order valence-electron chi connectivity index (χ4n) is 2.47. The topological polar surface area (TPSA) is 78.5 Å². The Morgan fingerprint density at radius 2 is 2.10 bits per heavy atom. The molecule has 6 nitrogen and oxygen atoms in total. The summed E-state index contributed by atoms with van der Waals surface area (Å²) >= 11 is 1.09. The summed E-state index contributed by atoms with van der Waals surface area (Å²) in [7, 11) is 0. The molecule has 21 heavy (non-hydrogen) atoms. The van der Waals surface area contributed by atoms with Crippen LogP contribution in [0.15, 0.2) is 24.3 Å². The van der Waals surface area contributed by atoms with Crippen molar-refractivity contribution in [2.45, 2.75) is 25.6 Å². The van der Waals surface area contributed by atoms with Crippen LogP contribution in [0, 0.1) is 0 Å². The van der Waals surface area contributed by atoms with Crippen LogP contribution in [0.25, 0.3) is 0 Å². The molecule has 0 saturated carbocycles. The highest BCUT2D eigenvalue weighted by Crippen LogP contribution is 2.24. The Bertz CT molecular complexity index is 619. The molecular formula is C14H15N3O3S. The van der Waals surface area contributed by atoms with Gasteiger partial charge in [0.2, 0.25) is 11.8 Å². The Labute approximate surface area is 126 Å². The van der Waals surface area contributed by atoms with E-state index in [-0.39, 0.29) is 17.1 Å². The summed E-state index contributed by atoms with van der Waals surface area (Å²) in [6.07, 6.45) is 0. The number of nitrogens with one attached hydrogen (secondary N) is 2. The lowest BCUT2D eigenvalue weighted by Crippen LogP contribution is -2.51. The molecule has 1 aromatic carbocycles. The molecule has 2 aliphatic rings. The fraction of sp³-hybridized carbons (Fsp3) is 0.357. The maximum atomic E-state index is 12.6. The van der Waals surface area contributed by atoms with Gasteiger partial charge in [-0.05, 0) is 18.6 Å². The van der Waals surface area contributed by atoms with Crippen LogP contribution >= 0.6 is 11.8 Å². The molecule has 3 amide bonds. The van der Waals surface area contributed by atoms with Crippen LogP contribution in [0.2, 0.25) is 0 Å². The molecule has 0 aromatic heterocycles. The average Bonchev–Trinajstić information content (AvgIpc) is 2.86. The zero-order valence-electron chi connectivity index (χ0n) is 11.5. The van der Waals surface area contributed by atoms with Crippen molar-refractivity contribution in [2.75, 3.05) is 11.1 Å². The van der Waals surface area contributed by atoms with Gasteiger partial charge in [0.05, 0.1) is 0 Å². The Kier molecular flexibility index (Phi) is 3.59. The molecule has 1 saturated heterocycles. The SMILES string of the molecule is CC1C(=O)Nc2ccccc2CN1C(=O)C1CSC(=O)N1. The van der Waals surface area contributed by atoms with Crippen LogP contribution < -0.4 is 10.6 Å². The van der Waals surface area contributed by atoms with E-state index in [4.69, 9.17) is 0 Å². The van der Waals surface area contributed by atoms with Gasteiger partial charge in [0, 0.05) is 18.0 Å². The van der Waals surface area contributed by atoms with Crippen LogP contribution in [-0.4, -0.2) is 39.8 Å². The normalized spacial score (nSPS) is 24.9. The predicted octanol–water partition coefficient (Wildman–Crippen LogP) is 1.18. The van der Waals surface area contributed by atoms with Gasteiger partial charge in [-0.2, -0.15) is 0 Å².